The van der Waals surface area contributed by atoms with Crippen molar-refractivity contribution >= 4 is 23.3 Å². The molecule has 1 aliphatic rings. The molecule has 0 amide bonds. The summed E-state index contributed by atoms with van der Waals surface area (Å²) in [5, 5.41) is 22.1. The highest BCUT2D eigenvalue weighted by atomic mass is 32.1. The minimum Gasteiger partial charge on any atom is -0.480 e. The van der Waals surface area contributed by atoms with Crippen LogP contribution in [0.1, 0.15) is 12.0 Å². The van der Waals surface area contributed by atoms with Gasteiger partial charge in [-0.15, -0.1) is 0 Å². The van der Waals surface area contributed by atoms with E-state index in [1.807, 2.05) is 30.3 Å². The summed E-state index contributed by atoms with van der Waals surface area (Å²) in [6, 6.07) is 8.97. The molecule has 0 aliphatic carbocycles. The summed E-state index contributed by atoms with van der Waals surface area (Å²) in [4.78, 5) is 12.6. The lowest BCUT2D eigenvalue weighted by Crippen LogP contribution is -2.45. The summed E-state index contributed by atoms with van der Waals surface area (Å²) in [6.45, 7) is 0.802. The van der Waals surface area contributed by atoms with Crippen molar-refractivity contribution in [1.29, 1.82) is 0 Å². The molecule has 0 bridgehead atoms. The number of carboxylic acids is 1. The second-order valence-electron chi connectivity index (χ2n) is 4.54. The Bertz CT molecular complexity index is 466. The highest BCUT2D eigenvalue weighted by molar-refractivity contribution is 7.80. The standard InChI is InChI=1S/C13H16N2O3S/c16-10-6-11(12(17)18)15(8-10)13(19)14-7-9-4-2-1-3-5-9/h1-5,10-11,16H,6-8H2,(H,14,19)(H,17,18)/t10-,11-/m0/s1. The van der Waals surface area contributed by atoms with Gasteiger partial charge in [-0.1, -0.05) is 30.3 Å². The number of likely N-dealkylation sites (tertiary alicyclic amines) is 1. The first kappa shape index (κ1) is 13.8. The Hall–Kier alpha value is -1.66. The maximum absolute atomic E-state index is 11.1. The number of benzene rings is 1. The molecule has 19 heavy (non-hydrogen) atoms. The molecule has 1 aromatic rings. The van der Waals surface area contributed by atoms with Gasteiger partial charge in [0.1, 0.15) is 6.04 Å². The fourth-order valence-electron chi connectivity index (χ4n) is 2.15. The van der Waals surface area contributed by atoms with E-state index in [-0.39, 0.29) is 13.0 Å². The molecule has 0 aromatic heterocycles. The van der Waals surface area contributed by atoms with Crippen molar-refractivity contribution in [2.45, 2.75) is 25.1 Å². The van der Waals surface area contributed by atoms with E-state index in [0.717, 1.165) is 5.56 Å². The maximum Gasteiger partial charge on any atom is 0.326 e. The van der Waals surface area contributed by atoms with Crippen LogP contribution in [0.3, 0.4) is 0 Å². The van der Waals surface area contributed by atoms with E-state index in [9.17, 15) is 9.90 Å². The van der Waals surface area contributed by atoms with Gasteiger partial charge < -0.3 is 20.4 Å². The number of thiocarbonyl (C=S) groups is 1. The molecule has 2 rings (SSSR count). The smallest absolute Gasteiger partial charge is 0.326 e. The second-order valence-corrected chi connectivity index (χ2v) is 4.93. The van der Waals surface area contributed by atoms with E-state index in [4.69, 9.17) is 17.3 Å². The van der Waals surface area contributed by atoms with E-state index in [2.05, 4.69) is 5.32 Å². The van der Waals surface area contributed by atoms with Crippen molar-refractivity contribution in [3.63, 3.8) is 0 Å². The third-order valence-electron chi connectivity index (χ3n) is 3.11. The first-order valence-electron chi connectivity index (χ1n) is 6.07. The molecule has 0 saturated carbocycles. The second kappa shape index (κ2) is 5.99. The van der Waals surface area contributed by atoms with E-state index in [1.54, 1.807) is 0 Å². The van der Waals surface area contributed by atoms with Gasteiger partial charge in [-0.25, -0.2) is 4.79 Å². The van der Waals surface area contributed by atoms with Crippen molar-refractivity contribution in [3.8, 4) is 0 Å². The Morgan fingerprint density at radius 1 is 1.42 bits per heavy atom. The van der Waals surface area contributed by atoms with Gasteiger partial charge in [0.2, 0.25) is 0 Å². The lowest BCUT2D eigenvalue weighted by atomic mass is 10.2. The maximum atomic E-state index is 11.1. The molecule has 0 unspecified atom stereocenters. The Morgan fingerprint density at radius 3 is 2.74 bits per heavy atom. The van der Waals surface area contributed by atoms with Gasteiger partial charge in [0, 0.05) is 19.5 Å². The highest BCUT2D eigenvalue weighted by Crippen LogP contribution is 2.18. The number of rotatable bonds is 3. The Kier molecular flexibility index (Phi) is 4.34. The quantitative estimate of drug-likeness (QED) is 0.704. The van der Waals surface area contributed by atoms with Gasteiger partial charge in [0.15, 0.2) is 5.11 Å². The molecule has 0 spiro atoms. The molecule has 0 radical (unpaired) electrons. The van der Waals surface area contributed by atoms with E-state index in [0.29, 0.717) is 11.7 Å². The summed E-state index contributed by atoms with van der Waals surface area (Å²) in [6.07, 6.45) is -0.430. The van der Waals surface area contributed by atoms with Gasteiger partial charge >= 0.3 is 5.97 Å². The third-order valence-corrected chi connectivity index (χ3v) is 3.49. The van der Waals surface area contributed by atoms with Crippen molar-refractivity contribution in [3.05, 3.63) is 35.9 Å². The van der Waals surface area contributed by atoms with Gasteiger partial charge in [-0.2, -0.15) is 0 Å². The topological polar surface area (TPSA) is 72.8 Å². The Balaban J connectivity index is 1.94. The summed E-state index contributed by atoms with van der Waals surface area (Å²) in [7, 11) is 0. The van der Waals surface area contributed by atoms with Crippen LogP contribution >= 0.6 is 12.2 Å². The number of hydrogen-bond donors (Lipinski definition) is 3. The van der Waals surface area contributed by atoms with Crippen molar-refractivity contribution in [2.24, 2.45) is 0 Å². The molecule has 102 valence electrons. The van der Waals surface area contributed by atoms with Gasteiger partial charge in [-0.3, -0.25) is 0 Å². The normalized spacial score (nSPS) is 22.3. The Morgan fingerprint density at radius 2 is 2.11 bits per heavy atom. The number of aliphatic carboxylic acids is 1. The number of aliphatic hydroxyl groups is 1. The first-order chi connectivity index (χ1) is 9.08. The largest absolute Gasteiger partial charge is 0.480 e. The van der Waals surface area contributed by atoms with Crippen LogP contribution in [0.15, 0.2) is 30.3 Å². The van der Waals surface area contributed by atoms with Gasteiger partial charge in [0.05, 0.1) is 6.10 Å². The van der Waals surface area contributed by atoms with Crippen LogP contribution in [0, 0.1) is 0 Å². The van der Waals surface area contributed by atoms with E-state index < -0.39 is 18.1 Å². The van der Waals surface area contributed by atoms with Crippen LogP contribution in [0.2, 0.25) is 0 Å². The highest BCUT2D eigenvalue weighted by Gasteiger charge is 2.37. The summed E-state index contributed by atoms with van der Waals surface area (Å²) in [5.74, 6) is -0.958. The van der Waals surface area contributed by atoms with Crippen LogP contribution in [-0.4, -0.2) is 44.9 Å². The predicted octanol–water partition coefficient (Wildman–Crippen LogP) is 0.581. The molecule has 1 heterocycles. The number of nitrogens with one attached hydrogen (secondary N) is 1. The number of β-amino-alcohol motifs (C(OH)–C–C–N with tert-alkyl or cyclic N) is 1. The van der Waals surface area contributed by atoms with Crippen LogP contribution in [0.5, 0.6) is 0 Å². The van der Waals surface area contributed by atoms with Crippen LogP contribution in [0.4, 0.5) is 0 Å². The molecule has 5 nitrogen and oxygen atoms in total. The van der Waals surface area contributed by atoms with Crippen LogP contribution in [0.25, 0.3) is 0 Å². The fraction of sp³-hybridized carbons (Fsp3) is 0.385. The SMILES string of the molecule is O=C(O)[C@@H]1C[C@H](O)CN1C(=S)NCc1ccccc1. The number of carboxylic acid groups (broad SMARTS) is 1. The summed E-state index contributed by atoms with van der Waals surface area (Å²) in [5.41, 5.74) is 1.07. The summed E-state index contributed by atoms with van der Waals surface area (Å²) >= 11 is 5.20. The van der Waals surface area contributed by atoms with Gasteiger partial charge in [-0.05, 0) is 17.8 Å². The lowest BCUT2D eigenvalue weighted by Gasteiger charge is -2.24. The number of carbonyl (C=O) groups is 1. The zero-order valence-electron chi connectivity index (χ0n) is 10.3. The zero-order valence-corrected chi connectivity index (χ0v) is 11.1. The predicted molar refractivity (Wildman–Crippen MR) is 74.6 cm³/mol. The average molecular weight is 280 g/mol. The number of aliphatic hydroxyl groups excluding tert-OH is 1. The molecule has 1 aliphatic heterocycles. The monoisotopic (exact) mass is 280 g/mol. The molecule has 2 atom stereocenters. The molecule has 1 fully saturated rings. The average Bonchev–Trinajstić information content (AvgIpc) is 2.79. The molecular formula is C13H16N2O3S. The van der Waals surface area contributed by atoms with Crippen LogP contribution < -0.4 is 5.32 Å². The minimum atomic E-state index is -0.958. The van der Waals surface area contributed by atoms with Crippen molar-refractivity contribution in [1.82, 2.24) is 10.2 Å². The minimum absolute atomic E-state index is 0.211. The summed E-state index contributed by atoms with van der Waals surface area (Å²) < 4.78 is 0. The van der Waals surface area contributed by atoms with Gasteiger partial charge in [0.25, 0.3) is 0 Å². The van der Waals surface area contributed by atoms with Crippen LogP contribution in [-0.2, 0) is 11.3 Å². The van der Waals surface area contributed by atoms with E-state index in [1.165, 1.54) is 4.90 Å². The van der Waals surface area contributed by atoms with Crippen molar-refractivity contribution in [2.75, 3.05) is 6.54 Å². The fourth-order valence-corrected chi connectivity index (χ4v) is 2.42. The third kappa shape index (κ3) is 3.42. The molecule has 3 N–H and O–H groups in total. The number of hydrogen-bond acceptors (Lipinski definition) is 3. The number of nitrogens with zero attached hydrogens (tertiary/aromatic N) is 1. The van der Waals surface area contributed by atoms with Crippen molar-refractivity contribution < 1.29 is 15.0 Å². The Labute approximate surface area is 116 Å². The molecule has 1 aromatic carbocycles. The first-order valence-corrected chi connectivity index (χ1v) is 6.48. The zero-order chi connectivity index (χ0) is 13.8. The lowest BCUT2D eigenvalue weighted by molar-refractivity contribution is -0.141. The van der Waals surface area contributed by atoms with E-state index >= 15 is 0 Å². The molecule has 1 saturated heterocycles. The molecule has 6 heteroatoms. The molecular weight excluding hydrogens is 264 g/mol.